The Morgan fingerprint density at radius 3 is 2.43 bits per heavy atom. The van der Waals surface area contributed by atoms with Crippen LogP contribution in [-0.2, 0) is 22.7 Å². The Bertz CT molecular complexity index is 926. The third kappa shape index (κ3) is 3.93. The number of piperidine rings is 1. The number of β-lactam (4-membered cyclic amide) rings is 1. The number of carbonyl (C=O) groups is 2. The molecule has 30 heavy (non-hydrogen) atoms. The fourth-order valence-electron chi connectivity index (χ4n) is 4.65. The SMILES string of the molecule is COc1ccc(CN2CC3(CCN(C(=O)CCn4nc(C)cc4C)CC3)C2=O)cc1. The minimum Gasteiger partial charge on any atom is -0.497 e. The van der Waals surface area contributed by atoms with Crippen molar-refractivity contribution in [3.8, 4) is 5.75 Å². The predicted octanol–water partition coefficient (Wildman–Crippen LogP) is 2.55. The lowest BCUT2D eigenvalue weighted by molar-refractivity contribution is -0.168. The first-order valence-electron chi connectivity index (χ1n) is 10.6. The second-order valence-electron chi connectivity index (χ2n) is 8.57. The van der Waals surface area contributed by atoms with Crippen molar-refractivity contribution in [3.05, 3.63) is 47.3 Å². The van der Waals surface area contributed by atoms with Gasteiger partial charge in [-0.1, -0.05) is 12.1 Å². The van der Waals surface area contributed by atoms with E-state index in [-0.39, 0.29) is 17.2 Å². The predicted molar refractivity (Wildman–Crippen MR) is 113 cm³/mol. The first-order chi connectivity index (χ1) is 14.4. The Hall–Kier alpha value is -2.83. The molecule has 3 heterocycles. The topological polar surface area (TPSA) is 67.7 Å². The van der Waals surface area contributed by atoms with Gasteiger partial charge in [-0.15, -0.1) is 0 Å². The maximum Gasteiger partial charge on any atom is 0.231 e. The summed E-state index contributed by atoms with van der Waals surface area (Å²) in [5, 5.41) is 4.42. The lowest BCUT2D eigenvalue weighted by Gasteiger charge is -2.52. The zero-order valence-electron chi connectivity index (χ0n) is 18.1. The second-order valence-corrected chi connectivity index (χ2v) is 8.57. The number of hydrogen-bond donors (Lipinski definition) is 0. The molecule has 7 heteroatoms. The maximum atomic E-state index is 12.9. The summed E-state index contributed by atoms with van der Waals surface area (Å²) < 4.78 is 7.08. The molecule has 160 valence electrons. The van der Waals surface area contributed by atoms with Crippen LogP contribution in [0.5, 0.6) is 5.75 Å². The normalized spacial score (nSPS) is 17.9. The lowest BCUT2D eigenvalue weighted by atomic mass is 9.71. The first kappa shape index (κ1) is 20.4. The summed E-state index contributed by atoms with van der Waals surface area (Å²) >= 11 is 0. The summed E-state index contributed by atoms with van der Waals surface area (Å²) in [6.45, 7) is 7.32. The molecule has 1 aromatic heterocycles. The van der Waals surface area contributed by atoms with Crippen LogP contribution in [0.4, 0.5) is 0 Å². The van der Waals surface area contributed by atoms with Crippen molar-refractivity contribution < 1.29 is 14.3 Å². The second kappa shape index (κ2) is 8.13. The number of rotatable bonds is 6. The highest BCUT2D eigenvalue weighted by atomic mass is 16.5. The summed E-state index contributed by atoms with van der Waals surface area (Å²) in [5.41, 5.74) is 2.90. The van der Waals surface area contributed by atoms with E-state index < -0.39 is 0 Å². The number of nitrogens with zero attached hydrogens (tertiary/aromatic N) is 4. The summed E-state index contributed by atoms with van der Waals surface area (Å²) in [6, 6.07) is 9.87. The van der Waals surface area contributed by atoms with Crippen LogP contribution >= 0.6 is 0 Å². The molecule has 1 aromatic carbocycles. The van der Waals surface area contributed by atoms with Gasteiger partial charge in [0.25, 0.3) is 0 Å². The molecule has 2 aliphatic heterocycles. The zero-order valence-corrected chi connectivity index (χ0v) is 18.1. The Kier molecular flexibility index (Phi) is 5.54. The van der Waals surface area contributed by atoms with E-state index in [9.17, 15) is 9.59 Å². The molecule has 2 fully saturated rings. The third-order valence-electron chi connectivity index (χ3n) is 6.48. The van der Waals surface area contributed by atoms with Crippen molar-refractivity contribution >= 4 is 11.8 Å². The fourth-order valence-corrected chi connectivity index (χ4v) is 4.65. The van der Waals surface area contributed by atoms with Crippen LogP contribution in [0.25, 0.3) is 0 Å². The van der Waals surface area contributed by atoms with E-state index in [1.54, 1.807) is 7.11 Å². The van der Waals surface area contributed by atoms with Gasteiger partial charge in [-0.3, -0.25) is 14.3 Å². The monoisotopic (exact) mass is 410 g/mol. The van der Waals surface area contributed by atoms with Crippen LogP contribution in [0.3, 0.4) is 0 Å². The quantitative estimate of drug-likeness (QED) is 0.687. The Morgan fingerprint density at radius 1 is 1.17 bits per heavy atom. The van der Waals surface area contributed by atoms with E-state index in [2.05, 4.69) is 5.10 Å². The van der Waals surface area contributed by atoms with Gasteiger partial charge in [0, 0.05) is 44.8 Å². The van der Waals surface area contributed by atoms with Crippen LogP contribution in [-0.4, -0.2) is 58.1 Å². The third-order valence-corrected chi connectivity index (χ3v) is 6.48. The van der Waals surface area contributed by atoms with Crippen LogP contribution in [0.2, 0.25) is 0 Å². The molecule has 0 atom stereocenters. The standard InChI is InChI=1S/C23H30N4O3/c1-17-14-18(2)27(24-17)11-8-21(28)25-12-9-23(10-13-25)16-26(22(23)29)15-19-4-6-20(30-3)7-5-19/h4-7,14H,8-13,15-16H2,1-3H3. The Labute approximate surface area is 177 Å². The molecule has 7 nitrogen and oxygen atoms in total. The Balaban J connectivity index is 1.25. The first-order valence-corrected chi connectivity index (χ1v) is 10.6. The minimum absolute atomic E-state index is 0.152. The fraction of sp³-hybridized carbons (Fsp3) is 0.522. The van der Waals surface area contributed by atoms with Crippen molar-refractivity contribution in [2.45, 2.75) is 46.2 Å². The van der Waals surface area contributed by atoms with E-state index >= 15 is 0 Å². The van der Waals surface area contributed by atoms with Gasteiger partial charge >= 0.3 is 0 Å². The highest BCUT2D eigenvalue weighted by Crippen LogP contribution is 2.42. The minimum atomic E-state index is -0.265. The molecule has 4 rings (SSSR count). The molecule has 1 spiro atoms. The van der Waals surface area contributed by atoms with Gasteiger partial charge in [-0.2, -0.15) is 5.10 Å². The van der Waals surface area contributed by atoms with Crippen molar-refractivity contribution in [2.75, 3.05) is 26.7 Å². The average molecular weight is 411 g/mol. The average Bonchev–Trinajstić information content (AvgIpc) is 3.09. The molecule has 0 radical (unpaired) electrons. The Morgan fingerprint density at radius 2 is 1.87 bits per heavy atom. The van der Waals surface area contributed by atoms with E-state index in [0.29, 0.717) is 32.6 Å². The van der Waals surface area contributed by atoms with Gasteiger partial charge < -0.3 is 14.5 Å². The molecule has 0 aliphatic carbocycles. The number of amides is 2. The molecular weight excluding hydrogens is 380 g/mol. The molecule has 0 bridgehead atoms. The van der Waals surface area contributed by atoms with Crippen molar-refractivity contribution in [1.82, 2.24) is 19.6 Å². The summed E-state index contributed by atoms with van der Waals surface area (Å²) in [6.07, 6.45) is 1.97. The molecule has 2 aromatic rings. The molecule has 2 aliphatic rings. The van der Waals surface area contributed by atoms with Crippen molar-refractivity contribution in [1.29, 1.82) is 0 Å². The summed E-state index contributed by atoms with van der Waals surface area (Å²) in [5.74, 6) is 1.20. The van der Waals surface area contributed by atoms with Gasteiger partial charge in [0.2, 0.25) is 11.8 Å². The highest BCUT2D eigenvalue weighted by molar-refractivity contribution is 5.89. The smallest absolute Gasteiger partial charge is 0.231 e. The van der Waals surface area contributed by atoms with Crippen LogP contribution < -0.4 is 4.74 Å². The maximum absolute atomic E-state index is 12.9. The molecule has 0 unspecified atom stereocenters. The van der Waals surface area contributed by atoms with Gasteiger partial charge in [0.15, 0.2) is 0 Å². The van der Waals surface area contributed by atoms with Crippen LogP contribution in [0, 0.1) is 19.3 Å². The number of likely N-dealkylation sites (tertiary alicyclic amines) is 2. The molecule has 0 saturated carbocycles. The van der Waals surface area contributed by atoms with Gasteiger partial charge in [-0.05, 0) is 50.5 Å². The van der Waals surface area contributed by atoms with E-state index in [1.807, 2.05) is 58.7 Å². The number of carbonyl (C=O) groups excluding carboxylic acids is 2. The van der Waals surface area contributed by atoms with E-state index in [0.717, 1.165) is 42.1 Å². The van der Waals surface area contributed by atoms with Gasteiger partial charge in [0.05, 0.1) is 18.2 Å². The number of aromatic nitrogens is 2. The lowest BCUT2D eigenvalue weighted by Crippen LogP contribution is -2.64. The molecule has 0 N–H and O–H groups in total. The summed E-state index contributed by atoms with van der Waals surface area (Å²) in [7, 11) is 1.65. The van der Waals surface area contributed by atoms with E-state index in [4.69, 9.17) is 4.74 Å². The summed E-state index contributed by atoms with van der Waals surface area (Å²) in [4.78, 5) is 29.3. The number of hydrogen-bond acceptors (Lipinski definition) is 4. The largest absolute Gasteiger partial charge is 0.497 e. The number of methoxy groups -OCH3 is 1. The molecular formula is C23H30N4O3. The molecule has 2 amide bonds. The number of ether oxygens (including phenoxy) is 1. The van der Waals surface area contributed by atoms with Gasteiger partial charge in [0.1, 0.15) is 5.75 Å². The number of benzene rings is 1. The van der Waals surface area contributed by atoms with Gasteiger partial charge in [-0.25, -0.2) is 0 Å². The zero-order chi connectivity index (χ0) is 21.3. The number of aryl methyl sites for hydroxylation is 3. The van der Waals surface area contributed by atoms with Crippen molar-refractivity contribution in [3.63, 3.8) is 0 Å². The van der Waals surface area contributed by atoms with Crippen LogP contribution in [0.15, 0.2) is 30.3 Å². The molecule has 2 saturated heterocycles. The van der Waals surface area contributed by atoms with Crippen LogP contribution in [0.1, 0.15) is 36.2 Å². The highest BCUT2D eigenvalue weighted by Gasteiger charge is 2.53. The van der Waals surface area contributed by atoms with Crippen molar-refractivity contribution in [2.24, 2.45) is 5.41 Å². The van der Waals surface area contributed by atoms with E-state index in [1.165, 1.54) is 0 Å².